The van der Waals surface area contributed by atoms with Crippen molar-refractivity contribution in [3.8, 4) is 0 Å². The van der Waals surface area contributed by atoms with Crippen LogP contribution >= 0.6 is 0 Å². The van der Waals surface area contributed by atoms with Crippen LogP contribution in [0.15, 0.2) is 58.8 Å². The van der Waals surface area contributed by atoms with Gasteiger partial charge in [-0.2, -0.15) is 0 Å². The van der Waals surface area contributed by atoms with Crippen LogP contribution in [0.25, 0.3) is 0 Å². The average Bonchev–Trinajstić information content (AvgIpc) is 2.74. The van der Waals surface area contributed by atoms with Gasteiger partial charge in [0.15, 0.2) is 5.78 Å². The third-order valence-corrected chi connectivity index (χ3v) is 8.46. The molecule has 1 aliphatic carbocycles. The molecule has 0 spiro atoms. The number of nitrogens with one attached hydrogen (secondary N) is 3. The van der Waals surface area contributed by atoms with E-state index in [1.54, 1.807) is 6.07 Å². The lowest BCUT2D eigenvalue weighted by atomic mass is 9.65. The van der Waals surface area contributed by atoms with Crippen molar-refractivity contribution in [3.63, 3.8) is 0 Å². The number of carbonyl (C=O) groups is 1. The van der Waals surface area contributed by atoms with Crippen LogP contribution in [0.4, 0.5) is 11.4 Å². The highest BCUT2D eigenvalue weighted by Crippen LogP contribution is 2.45. The van der Waals surface area contributed by atoms with Crippen molar-refractivity contribution in [1.29, 1.82) is 0 Å². The molecule has 2 aromatic carbocycles. The van der Waals surface area contributed by atoms with E-state index in [2.05, 4.69) is 42.5 Å². The third-order valence-electron chi connectivity index (χ3n) is 6.46. The van der Waals surface area contributed by atoms with Crippen molar-refractivity contribution in [2.24, 2.45) is 5.41 Å². The zero-order valence-electron chi connectivity index (χ0n) is 20.5. The van der Waals surface area contributed by atoms with Crippen LogP contribution in [-0.4, -0.2) is 28.9 Å². The molecule has 0 amide bonds. The van der Waals surface area contributed by atoms with Crippen molar-refractivity contribution in [3.05, 3.63) is 65.0 Å². The van der Waals surface area contributed by atoms with Gasteiger partial charge in [-0.3, -0.25) is 14.2 Å². The van der Waals surface area contributed by atoms with E-state index in [0.29, 0.717) is 17.6 Å². The molecule has 0 fully saturated rings. The maximum atomic E-state index is 13.5. The monoisotopic (exact) mass is 517 g/mol. The molecule has 0 unspecified atom stereocenters. The fourth-order valence-corrected chi connectivity index (χ4v) is 6.42. The summed E-state index contributed by atoms with van der Waals surface area (Å²) in [5.41, 5.74) is 2.10. The summed E-state index contributed by atoms with van der Waals surface area (Å²) in [6.07, 6.45) is 3.14. The van der Waals surface area contributed by atoms with E-state index >= 15 is 0 Å². The first-order valence-corrected chi connectivity index (χ1v) is 14.7. The zero-order valence-corrected chi connectivity index (χ0v) is 22.2. The van der Waals surface area contributed by atoms with E-state index in [0.717, 1.165) is 24.7 Å². The molecule has 2 aliphatic rings. The summed E-state index contributed by atoms with van der Waals surface area (Å²) in [4.78, 5) is 13.4. The molecule has 2 aromatic rings. The zero-order chi connectivity index (χ0) is 25.8. The lowest BCUT2D eigenvalue weighted by Gasteiger charge is -2.39. The summed E-state index contributed by atoms with van der Waals surface area (Å²) in [6.45, 7) is 8.65. The summed E-state index contributed by atoms with van der Waals surface area (Å²) in [5.74, 6) is -0.0688. The normalized spacial score (nSPS) is 23.5. The standard InChI is InChI=1S/C25H31N3O5S2/c1-24(2,3)12-13-25(4)15-18(22(29)17-8-6-7-9-19(17)25)23-26-20-11-10-16(27-34(5,30)31)14-21(20)35(32,33)28-23/h6-11,14,26-28H,12-13,15H2,1-5H3/b23-18-/t25-/m0/s1. The first kappa shape index (κ1) is 25.2. The summed E-state index contributed by atoms with van der Waals surface area (Å²) >= 11 is 0. The Bertz CT molecular complexity index is 1450. The minimum atomic E-state index is -4.05. The molecule has 3 N–H and O–H groups in total. The summed E-state index contributed by atoms with van der Waals surface area (Å²) in [5, 5.41) is 3.07. The Labute approximate surface area is 207 Å². The predicted octanol–water partition coefficient (Wildman–Crippen LogP) is 4.34. The van der Waals surface area contributed by atoms with Crippen LogP contribution in [0, 0.1) is 5.41 Å². The van der Waals surface area contributed by atoms with Gasteiger partial charge in [-0.15, -0.1) is 0 Å². The van der Waals surface area contributed by atoms with E-state index in [9.17, 15) is 21.6 Å². The molecule has 35 heavy (non-hydrogen) atoms. The Morgan fingerprint density at radius 1 is 1.11 bits per heavy atom. The van der Waals surface area contributed by atoms with Crippen LogP contribution in [0.5, 0.6) is 0 Å². The van der Waals surface area contributed by atoms with Gasteiger partial charge in [-0.1, -0.05) is 52.0 Å². The van der Waals surface area contributed by atoms with E-state index in [4.69, 9.17) is 0 Å². The Kier molecular flexibility index (Phi) is 6.04. The van der Waals surface area contributed by atoms with Crippen molar-refractivity contribution < 1.29 is 21.6 Å². The van der Waals surface area contributed by atoms with Crippen LogP contribution in [0.2, 0.25) is 0 Å². The van der Waals surface area contributed by atoms with Gasteiger partial charge >= 0.3 is 0 Å². The number of rotatable bonds is 4. The Balaban J connectivity index is 1.79. The molecule has 1 aliphatic heterocycles. The molecule has 4 rings (SSSR count). The highest BCUT2D eigenvalue weighted by Gasteiger charge is 2.41. The summed E-state index contributed by atoms with van der Waals surface area (Å²) in [6, 6.07) is 11.7. The Morgan fingerprint density at radius 3 is 2.46 bits per heavy atom. The summed E-state index contributed by atoms with van der Waals surface area (Å²) in [7, 11) is -7.62. The highest BCUT2D eigenvalue weighted by molar-refractivity contribution is 7.92. The molecular formula is C25H31N3O5S2. The van der Waals surface area contributed by atoms with Gasteiger partial charge in [0.1, 0.15) is 10.7 Å². The fraction of sp³-hybridized carbons (Fsp3) is 0.400. The summed E-state index contributed by atoms with van der Waals surface area (Å²) < 4.78 is 54.2. The molecule has 1 heterocycles. The number of sulfonamides is 2. The second-order valence-corrected chi connectivity index (χ2v) is 14.2. The number of Topliss-reactive ketones (excluding diaryl/α,β-unsaturated/α-hetero) is 1. The first-order valence-electron chi connectivity index (χ1n) is 11.4. The lowest BCUT2D eigenvalue weighted by molar-refractivity contribution is 0.101. The van der Waals surface area contributed by atoms with E-state index in [1.165, 1.54) is 18.2 Å². The molecule has 0 saturated carbocycles. The Morgan fingerprint density at radius 2 is 1.80 bits per heavy atom. The van der Waals surface area contributed by atoms with E-state index in [-0.39, 0.29) is 38.7 Å². The first-order chi connectivity index (χ1) is 16.1. The molecule has 1 atom stereocenters. The highest BCUT2D eigenvalue weighted by atomic mass is 32.2. The average molecular weight is 518 g/mol. The molecule has 0 aromatic heterocycles. The molecule has 10 heteroatoms. The number of anilines is 2. The molecular weight excluding hydrogens is 486 g/mol. The van der Waals surface area contributed by atoms with Gasteiger partial charge < -0.3 is 5.32 Å². The quantitative estimate of drug-likeness (QED) is 0.519. The van der Waals surface area contributed by atoms with Crippen molar-refractivity contribution >= 4 is 37.2 Å². The second kappa shape index (κ2) is 8.37. The smallest absolute Gasteiger partial charge is 0.265 e. The number of ketones is 1. The molecule has 188 valence electrons. The van der Waals surface area contributed by atoms with Crippen LogP contribution in [0.1, 0.15) is 62.9 Å². The van der Waals surface area contributed by atoms with Crippen LogP contribution < -0.4 is 14.8 Å². The fourth-order valence-electron chi connectivity index (χ4n) is 4.62. The number of carbonyl (C=O) groups excluding carboxylic acids is 1. The van der Waals surface area contributed by atoms with Gasteiger partial charge in [-0.25, -0.2) is 16.8 Å². The van der Waals surface area contributed by atoms with Crippen LogP contribution in [0.3, 0.4) is 0 Å². The van der Waals surface area contributed by atoms with Gasteiger partial charge in [0, 0.05) is 16.8 Å². The number of benzene rings is 2. The van der Waals surface area contributed by atoms with E-state index in [1.807, 2.05) is 18.2 Å². The third kappa shape index (κ3) is 5.23. The number of allylic oxidation sites excluding steroid dienone is 1. The minimum absolute atomic E-state index is 0.102. The topological polar surface area (TPSA) is 121 Å². The maximum Gasteiger partial charge on any atom is 0.265 e. The second-order valence-electron chi connectivity index (χ2n) is 10.8. The number of hydrogen-bond acceptors (Lipinski definition) is 6. The van der Waals surface area contributed by atoms with Crippen LogP contribution in [-0.2, 0) is 25.5 Å². The molecule has 0 saturated heterocycles. The molecule has 0 radical (unpaired) electrons. The van der Waals surface area contributed by atoms with Gasteiger partial charge in [0.2, 0.25) is 10.0 Å². The van der Waals surface area contributed by atoms with Gasteiger partial charge in [0.25, 0.3) is 10.0 Å². The maximum absolute atomic E-state index is 13.5. The van der Waals surface area contributed by atoms with Gasteiger partial charge in [0.05, 0.1) is 11.9 Å². The van der Waals surface area contributed by atoms with Crippen molar-refractivity contribution in [1.82, 2.24) is 4.72 Å². The predicted molar refractivity (Wildman–Crippen MR) is 137 cm³/mol. The lowest BCUT2D eigenvalue weighted by Crippen LogP contribution is -2.39. The Hall–Kier alpha value is -2.85. The molecule has 0 bridgehead atoms. The molecule has 8 nitrogen and oxygen atoms in total. The minimum Gasteiger partial charge on any atom is -0.340 e. The number of hydrogen-bond donors (Lipinski definition) is 3. The SMILES string of the molecule is CC(C)(C)CC[C@@]1(C)C/C(=C2\Nc3ccc(NS(C)(=O)=O)cc3S(=O)(=O)N2)C(=O)c2ccccc21. The largest absolute Gasteiger partial charge is 0.340 e. The van der Waals surface area contributed by atoms with E-state index < -0.39 is 20.0 Å². The van der Waals surface area contributed by atoms with Crippen molar-refractivity contribution in [2.75, 3.05) is 16.3 Å². The van der Waals surface area contributed by atoms with Gasteiger partial charge in [-0.05, 0) is 53.9 Å². The number of fused-ring (bicyclic) bond motifs is 2. The van der Waals surface area contributed by atoms with Crippen molar-refractivity contribution in [2.45, 2.75) is 57.3 Å².